The Labute approximate surface area is 168 Å². The number of hydrogen-bond donors (Lipinski definition) is 0. The lowest BCUT2D eigenvalue weighted by Crippen LogP contribution is -2.43. The molecule has 28 heavy (non-hydrogen) atoms. The third-order valence-electron chi connectivity index (χ3n) is 5.39. The van der Waals surface area contributed by atoms with Crippen molar-refractivity contribution in [3.8, 4) is 17.9 Å². The van der Waals surface area contributed by atoms with Crippen molar-refractivity contribution in [1.29, 1.82) is 5.26 Å². The van der Waals surface area contributed by atoms with Crippen LogP contribution in [0.25, 0.3) is 0 Å². The van der Waals surface area contributed by atoms with E-state index in [1.54, 1.807) is 7.11 Å². The molecule has 150 valence electrons. The molecule has 1 aromatic rings. The summed E-state index contributed by atoms with van der Waals surface area (Å²) < 4.78 is 17.0. The van der Waals surface area contributed by atoms with Crippen molar-refractivity contribution in [2.75, 3.05) is 31.7 Å². The minimum Gasteiger partial charge on any atom is -0.381 e. The number of ether oxygens (including phenoxy) is 3. The van der Waals surface area contributed by atoms with E-state index in [9.17, 15) is 5.26 Å². The molecule has 1 aliphatic heterocycles. The van der Waals surface area contributed by atoms with E-state index in [0.29, 0.717) is 30.5 Å². The lowest BCUT2D eigenvalue weighted by Gasteiger charge is -2.40. The van der Waals surface area contributed by atoms with Crippen LogP contribution in [0.2, 0.25) is 0 Å². The predicted molar refractivity (Wildman–Crippen MR) is 109 cm³/mol. The minimum absolute atomic E-state index is 0.176. The van der Waals surface area contributed by atoms with Gasteiger partial charge in [-0.1, -0.05) is 11.8 Å². The van der Waals surface area contributed by atoms with Gasteiger partial charge in [-0.25, -0.2) is 0 Å². The Bertz CT molecular complexity index is 745. The Morgan fingerprint density at radius 3 is 2.54 bits per heavy atom. The van der Waals surface area contributed by atoms with Crippen LogP contribution in [-0.2, 0) is 14.2 Å². The van der Waals surface area contributed by atoms with Crippen LogP contribution in [0, 0.1) is 23.2 Å². The van der Waals surface area contributed by atoms with Crippen molar-refractivity contribution in [3.05, 3.63) is 29.3 Å². The van der Waals surface area contributed by atoms with E-state index in [4.69, 9.17) is 14.2 Å². The van der Waals surface area contributed by atoms with Gasteiger partial charge in [-0.05, 0) is 57.7 Å². The second-order valence-corrected chi connectivity index (χ2v) is 7.78. The topological polar surface area (TPSA) is 54.7 Å². The molecule has 1 heterocycles. The molecule has 2 fully saturated rings. The van der Waals surface area contributed by atoms with Crippen LogP contribution in [-0.4, -0.2) is 51.2 Å². The molecular weight excluding hydrogens is 352 g/mol. The maximum atomic E-state index is 9.50. The van der Waals surface area contributed by atoms with E-state index in [1.165, 1.54) is 0 Å². The number of nitrogens with zero attached hydrogens (tertiary/aromatic N) is 2. The summed E-state index contributed by atoms with van der Waals surface area (Å²) in [5.74, 6) is 6.19. The first kappa shape index (κ1) is 20.7. The fraction of sp³-hybridized carbons (Fsp3) is 0.609. The van der Waals surface area contributed by atoms with Gasteiger partial charge in [0.25, 0.3) is 0 Å². The van der Waals surface area contributed by atoms with E-state index in [1.807, 2.05) is 32.0 Å². The summed E-state index contributed by atoms with van der Waals surface area (Å²) in [4.78, 5) is 2.28. The zero-order chi connectivity index (χ0) is 19.9. The Morgan fingerprint density at radius 2 is 1.89 bits per heavy atom. The van der Waals surface area contributed by atoms with Gasteiger partial charge in [-0.2, -0.15) is 5.26 Å². The Balaban J connectivity index is 1.57. The molecule has 5 heteroatoms. The minimum atomic E-state index is 0.176. The lowest BCUT2D eigenvalue weighted by atomic mass is 9.91. The van der Waals surface area contributed by atoms with Crippen molar-refractivity contribution in [1.82, 2.24) is 0 Å². The van der Waals surface area contributed by atoms with E-state index in [2.05, 4.69) is 22.8 Å². The highest BCUT2D eigenvalue weighted by molar-refractivity contribution is 5.63. The van der Waals surface area contributed by atoms with Crippen molar-refractivity contribution in [2.24, 2.45) is 0 Å². The number of methoxy groups -OCH3 is 1. The predicted octanol–water partition coefficient (Wildman–Crippen LogP) is 3.50. The molecule has 0 unspecified atom stereocenters. The van der Waals surface area contributed by atoms with Crippen LogP contribution in [0.4, 0.5) is 5.69 Å². The zero-order valence-electron chi connectivity index (χ0n) is 17.1. The molecule has 0 aromatic heterocycles. The highest BCUT2D eigenvalue weighted by Crippen LogP contribution is 2.31. The fourth-order valence-corrected chi connectivity index (χ4v) is 3.64. The van der Waals surface area contributed by atoms with Crippen molar-refractivity contribution in [2.45, 2.75) is 63.9 Å². The first-order valence-electron chi connectivity index (χ1n) is 10.2. The molecule has 1 saturated heterocycles. The second kappa shape index (κ2) is 9.94. The number of anilines is 1. The quantitative estimate of drug-likeness (QED) is 0.705. The number of hydrogen-bond acceptors (Lipinski definition) is 5. The van der Waals surface area contributed by atoms with Gasteiger partial charge in [0.15, 0.2) is 0 Å². The molecule has 0 spiro atoms. The largest absolute Gasteiger partial charge is 0.381 e. The van der Waals surface area contributed by atoms with Gasteiger partial charge in [0.2, 0.25) is 0 Å². The Morgan fingerprint density at radius 1 is 1.14 bits per heavy atom. The fourth-order valence-electron chi connectivity index (χ4n) is 3.64. The molecule has 0 radical (unpaired) electrons. The summed E-state index contributed by atoms with van der Waals surface area (Å²) in [7, 11) is 1.77. The van der Waals surface area contributed by atoms with Crippen LogP contribution in [0.1, 0.15) is 50.7 Å². The number of piperidine rings is 1. The van der Waals surface area contributed by atoms with Gasteiger partial charge >= 0.3 is 0 Å². The molecule has 1 aromatic carbocycles. The Hall–Kier alpha value is -2.05. The smallest absolute Gasteiger partial charge is 0.108 e. The second-order valence-electron chi connectivity index (χ2n) is 7.78. The van der Waals surface area contributed by atoms with Crippen LogP contribution in [0.3, 0.4) is 0 Å². The van der Waals surface area contributed by atoms with E-state index >= 15 is 0 Å². The highest BCUT2D eigenvalue weighted by atomic mass is 16.5. The van der Waals surface area contributed by atoms with Crippen LogP contribution in [0.5, 0.6) is 0 Å². The average Bonchev–Trinajstić information content (AvgIpc) is 2.68. The van der Waals surface area contributed by atoms with E-state index < -0.39 is 0 Å². The first-order valence-corrected chi connectivity index (χ1v) is 10.2. The van der Waals surface area contributed by atoms with Crippen molar-refractivity contribution in [3.63, 3.8) is 0 Å². The monoisotopic (exact) mass is 382 g/mol. The van der Waals surface area contributed by atoms with Crippen LogP contribution in [0.15, 0.2) is 18.2 Å². The summed E-state index contributed by atoms with van der Waals surface area (Å²) in [6, 6.07) is 8.11. The zero-order valence-corrected chi connectivity index (χ0v) is 17.1. The number of nitriles is 1. The highest BCUT2D eigenvalue weighted by Gasteiger charge is 2.33. The standard InChI is InChI=1S/C23H30N2O3/c1-17(2)27-12-4-5-18-6-7-19(16-24)23(13-18)25-10-8-20(9-11-25)28-22-14-21(15-22)26-3/h6-7,13,17,20-22H,8-12,14-15H2,1-3H3. The normalized spacial score (nSPS) is 22.3. The molecule has 1 aliphatic carbocycles. The third-order valence-corrected chi connectivity index (χ3v) is 5.39. The average molecular weight is 383 g/mol. The van der Waals surface area contributed by atoms with Gasteiger partial charge in [-0.3, -0.25) is 0 Å². The summed E-state index contributed by atoms with van der Waals surface area (Å²) in [6.45, 7) is 6.20. The van der Waals surface area contributed by atoms with E-state index in [0.717, 1.165) is 50.0 Å². The van der Waals surface area contributed by atoms with Gasteiger partial charge in [0.1, 0.15) is 12.7 Å². The summed E-state index contributed by atoms with van der Waals surface area (Å²) in [5, 5.41) is 9.50. The molecule has 0 atom stereocenters. The van der Waals surface area contributed by atoms with Gasteiger partial charge in [-0.15, -0.1) is 0 Å². The third kappa shape index (κ3) is 5.49. The molecular formula is C23H30N2O3. The van der Waals surface area contributed by atoms with Gasteiger partial charge < -0.3 is 19.1 Å². The summed E-state index contributed by atoms with van der Waals surface area (Å²) in [5.41, 5.74) is 2.59. The molecule has 0 N–H and O–H groups in total. The Kier molecular flexibility index (Phi) is 7.34. The van der Waals surface area contributed by atoms with Crippen LogP contribution >= 0.6 is 0 Å². The number of benzene rings is 1. The van der Waals surface area contributed by atoms with Crippen molar-refractivity contribution < 1.29 is 14.2 Å². The molecule has 1 saturated carbocycles. The van der Waals surface area contributed by atoms with Crippen LogP contribution < -0.4 is 4.90 Å². The lowest BCUT2D eigenvalue weighted by molar-refractivity contribution is -0.119. The van der Waals surface area contributed by atoms with E-state index in [-0.39, 0.29) is 6.10 Å². The molecule has 0 bridgehead atoms. The summed E-state index contributed by atoms with van der Waals surface area (Å²) >= 11 is 0. The molecule has 2 aliphatic rings. The maximum absolute atomic E-state index is 9.50. The van der Waals surface area contributed by atoms with Gasteiger partial charge in [0, 0.05) is 25.8 Å². The summed E-state index contributed by atoms with van der Waals surface area (Å²) in [6.07, 6.45) is 5.19. The van der Waals surface area contributed by atoms with Gasteiger partial charge in [0.05, 0.1) is 35.7 Å². The molecule has 0 amide bonds. The maximum Gasteiger partial charge on any atom is 0.108 e. The first-order chi connectivity index (χ1) is 13.6. The molecule has 3 rings (SSSR count). The van der Waals surface area contributed by atoms with Crippen molar-refractivity contribution >= 4 is 5.69 Å². The molecule has 5 nitrogen and oxygen atoms in total. The SMILES string of the molecule is COC1CC(OC2CCN(c3cc(C#CCOC(C)C)ccc3C#N)CC2)C1. The number of rotatable bonds is 6.